The Morgan fingerprint density at radius 1 is 0.837 bits per heavy atom. The maximum Gasteiger partial charge on any atom is 0.255 e. The zero-order valence-corrected chi connectivity index (χ0v) is 23.3. The molecule has 4 aromatic carbocycles. The molecular weight excluding hydrogens is 544 g/mol. The molecule has 4 N–H and O–H groups in total. The summed E-state index contributed by atoms with van der Waals surface area (Å²) < 4.78 is 10.9. The van der Waals surface area contributed by atoms with E-state index in [-0.39, 0.29) is 19.1 Å². The van der Waals surface area contributed by atoms with Gasteiger partial charge in [0.2, 0.25) is 0 Å². The number of nitrogens with zero attached hydrogens (tertiary/aromatic N) is 3. The summed E-state index contributed by atoms with van der Waals surface area (Å²) in [5.41, 5.74) is 7.43. The van der Waals surface area contributed by atoms with Crippen LogP contribution in [0.1, 0.15) is 10.4 Å². The number of aromatic nitrogens is 4. The van der Waals surface area contributed by atoms with Crippen molar-refractivity contribution < 1.29 is 19.4 Å². The molecular formula is C33H30N6O4. The van der Waals surface area contributed by atoms with Crippen molar-refractivity contribution in [2.75, 3.05) is 49.7 Å². The molecule has 43 heavy (non-hydrogen) atoms. The molecule has 10 nitrogen and oxygen atoms in total. The Balaban J connectivity index is 1.05. The number of nitrogens with one attached hydrogen (secondary N) is 3. The second kappa shape index (κ2) is 11.6. The van der Waals surface area contributed by atoms with Crippen molar-refractivity contribution in [3.8, 4) is 28.5 Å². The fourth-order valence-electron chi connectivity index (χ4n) is 5.24. The largest absolute Gasteiger partial charge is 0.491 e. The van der Waals surface area contributed by atoms with Crippen molar-refractivity contribution in [3.05, 3.63) is 90.5 Å². The first-order chi connectivity index (χ1) is 21.1. The van der Waals surface area contributed by atoms with Crippen LogP contribution >= 0.6 is 0 Å². The summed E-state index contributed by atoms with van der Waals surface area (Å²) in [5.74, 6) is 1.93. The molecule has 0 saturated carbocycles. The van der Waals surface area contributed by atoms with Gasteiger partial charge in [0.25, 0.3) is 5.91 Å². The van der Waals surface area contributed by atoms with Gasteiger partial charge in [-0.2, -0.15) is 0 Å². The predicted octanol–water partition coefficient (Wildman–Crippen LogP) is 5.23. The van der Waals surface area contributed by atoms with E-state index in [2.05, 4.69) is 49.4 Å². The van der Waals surface area contributed by atoms with E-state index in [1.165, 1.54) is 5.69 Å². The predicted molar refractivity (Wildman–Crippen MR) is 167 cm³/mol. The van der Waals surface area contributed by atoms with E-state index in [4.69, 9.17) is 19.6 Å². The normalized spacial score (nSPS) is 13.5. The fraction of sp³-hybridized carbons (Fsp3) is 0.182. The molecule has 0 spiro atoms. The number of morpholine rings is 1. The zero-order chi connectivity index (χ0) is 29.2. The van der Waals surface area contributed by atoms with Gasteiger partial charge in [0.1, 0.15) is 24.0 Å². The second-order valence-corrected chi connectivity index (χ2v) is 10.3. The Morgan fingerprint density at radius 3 is 2.14 bits per heavy atom. The molecule has 0 radical (unpaired) electrons. The van der Waals surface area contributed by atoms with Crippen molar-refractivity contribution in [2.24, 2.45) is 0 Å². The first-order valence-corrected chi connectivity index (χ1v) is 14.2. The number of carbonyl (C=O) groups is 1. The molecule has 0 aliphatic carbocycles. The maximum atomic E-state index is 13.2. The number of fused-ring (bicyclic) bond motifs is 2. The van der Waals surface area contributed by atoms with E-state index in [9.17, 15) is 4.79 Å². The van der Waals surface area contributed by atoms with E-state index >= 15 is 0 Å². The Labute approximate surface area is 247 Å². The number of anilines is 2. The minimum absolute atomic E-state index is 0.0336. The van der Waals surface area contributed by atoms with Gasteiger partial charge in [-0.05, 0) is 84.9 Å². The van der Waals surface area contributed by atoms with Crippen molar-refractivity contribution in [1.82, 2.24) is 19.9 Å². The van der Waals surface area contributed by atoms with Crippen LogP contribution in [-0.2, 0) is 4.74 Å². The van der Waals surface area contributed by atoms with Gasteiger partial charge >= 0.3 is 0 Å². The van der Waals surface area contributed by atoms with Gasteiger partial charge in [-0.1, -0.05) is 0 Å². The van der Waals surface area contributed by atoms with Gasteiger partial charge in [-0.3, -0.25) is 4.79 Å². The molecule has 2 aromatic heterocycles. The van der Waals surface area contributed by atoms with Crippen LogP contribution in [0.5, 0.6) is 5.75 Å². The van der Waals surface area contributed by atoms with E-state index in [1.807, 2.05) is 54.6 Å². The highest BCUT2D eigenvalue weighted by atomic mass is 16.5. The third-order valence-corrected chi connectivity index (χ3v) is 7.49. The monoisotopic (exact) mass is 574 g/mol. The molecule has 3 heterocycles. The molecule has 6 aromatic rings. The van der Waals surface area contributed by atoms with Gasteiger partial charge in [0, 0.05) is 41.2 Å². The van der Waals surface area contributed by atoms with Crippen LogP contribution in [-0.4, -0.2) is 70.5 Å². The van der Waals surface area contributed by atoms with Crippen molar-refractivity contribution in [3.63, 3.8) is 0 Å². The average molecular weight is 575 g/mol. The summed E-state index contributed by atoms with van der Waals surface area (Å²) in [6.07, 6.45) is 0. The van der Waals surface area contributed by atoms with E-state index < -0.39 is 0 Å². The van der Waals surface area contributed by atoms with Crippen LogP contribution in [0.15, 0.2) is 84.9 Å². The molecule has 7 rings (SSSR count). The number of H-pyrrole nitrogens is 2. The lowest BCUT2D eigenvalue weighted by Gasteiger charge is -2.28. The van der Waals surface area contributed by atoms with E-state index in [1.54, 1.807) is 6.07 Å². The van der Waals surface area contributed by atoms with Crippen LogP contribution in [0.3, 0.4) is 0 Å². The quantitative estimate of drug-likeness (QED) is 0.196. The third-order valence-electron chi connectivity index (χ3n) is 7.49. The molecule has 10 heteroatoms. The third kappa shape index (κ3) is 5.66. The number of hydrogen-bond acceptors (Lipinski definition) is 7. The van der Waals surface area contributed by atoms with Crippen LogP contribution in [0.25, 0.3) is 44.8 Å². The Hall–Kier alpha value is -5.19. The Bertz CT molecular complexity index is 1890. The van der Waals surface area contributed by atoms with Crippen molar-refractivity contribution >= 4 is 39.3 Å². The van der Waals surface area contributed by atoms with Crippen LogP contribution in [0.2, 0.25) is 0 Å². The standard InChI is InChI=1S/C33H30N6O4/c40-15-18-43-26-9-3-22(4-10-26)32-36-28-12-6-24(20-30(28)38-32)34-33(41)23-5-11-27-29(19-23)37-31(35-27)21-1-7-25(8-2-21)39-13-16-42-17-14-39/h1-12,19-20,40H,13-18H2,(H,34,41)(H,35,37)(H,36,38). The molecule has 216 valence electrons. The Morgan fingerprint density at radius 2 is 1.47 bits per heavy atom. The number of hydrogen-bond donors (Lipinski definition) is 4. The number of aliphatic hydroxyl groups is 1. The number of aliphatic hydroxyl groups excluding tert-OH is 1. The topological polar surface area (TPSA) is 128 Å². The minimum atomic E-state index is -0.217. The summed E-state index contributed by atoms with van der Waals surface area (Å²) in [7, 11) is 0. The highest BCUT2D eigenvalue weighted by molar-refractivity contribution is 6.06. The summed E-state index contributed by atoms with van der Waals surface area (Å²) in [6, 6.07) is 26.9. The number of carbonyl (C=O) groups excluding carboxylic acids is 1. The first-order valence-electron chi connectivity index (χ1n) is 14.2. The molecule has 1 saturated heterocycles. The molecule has 1 aliphatic rings. The fourth-order valence-corrected chi connectivity index (χ4v) is 5.24. The van der Waals surface area contributed by atoms with E-state index in [0.717, 1.165) is 65.3 Å². The molecule has 1 fully saturated rings. The van der Waals surface area contributed by atoms with Crippen molar-refractivity contribution in [1.29, 1.82) is 0 Å². The smallest absolute Gasteiger partial charge is 0.255 e. The Kier molecular flexibility index (Phi) is 7.20. The average Bonchev–Trinajstić information content (AvgIpc) is 3.68. The zero-order valence-electron chi connectivity index (χ0n) is 23.3. The number of aromatic amines is 2. The van der Waals surface area contributed by atoms with Crippen LogP contribution in [0.4, 0.5) is 11.4 Å². The van der Waals surface area contributed by atoms with Gasteiger partial charge in [0.05, 0.1) is 41.9 Å². The summed E-state index contributed by atoms with van der Waals surface area (Å²) in [4.78, 5) is 31.6. The molecule has 0 bridgehead atoms. The van der Waals surface area contributed by atoms with Gasteiger partial charge in [-0.25, -0.2) is 9.97 Å². The summed E-state index contributed by atoms with van der Waals surface area (Å²) in [6.45, 7) is 3.50. The maximum absolute atomic E-state index is 13.2. The van der Waals surface area contributed by atoms with E-state index in [0.29, 0.717) is 22.8 Å². The van der Waals surface area contributed by atoms with Crippen LogP contribution in [0, 0.1) is 0 Å². The SMILES string of the molecule is O=C(Nc1ccc2nc(-c3ccc(OCCO)cc3)[nH]c2c1)c1ccc2nc(-c3ccc(N4CCOCC4)cc3)[nH]c2c1. The summed E-state index contributed by atoms with van der Waals surface area (Å²) in [5, 5.41) is 11.9. The number of rotatable bonds is 8. The lowest BCUT2D eigenvalue weighted by Crippen LogP contribution is -2.36. The van der Waals surface area contributed by atoms with Crippen molar-refractivity contribution in [2.45, 2.75) is 0 Å². The second-order valence-electron chi connectivity index (χ2n) is 10.3. The first kappa shape index (κ1) is 26.7. The minimum Gasteiger partial charge on any atom is -0.491 e. The summed E-state index contributed by atoms with van der Waals surface area (Å²) >= 11 is 0. The van der Waals surface area contributed by atoms with Gasteiger partial charge in [0.15, 0.2) is 0 Å². The highest BCUT2D eigenvalue weighted by Gasteiger charge is 2.14. The highest BCUT2D eigenvalue weighted by Crippen LogP contribution is 2.27. The van der Waals surface area contributed by atoms with Crippen LogP contribution < -0.4 is 15.0 Å². The number of amides is 1. The lowest BCUT2D eigenvalue weighted by molar-refractivity contribution is 0.102. The van der Waals surface area contributed by atoms with Gasteiger partial charge in [-0.15, -0.1) is 0 Å². The number of ether oxygens (including phenoxy) is 2. The number of imidazole rings is 2. The lowest BCUT2D eigenvalue weighted by atomic mass is 10.2. The number of benzene rings is 4. The molecule has 0 atom stereocenters. The molecule has 1 amide bonds. The molecule has 0 unspecified atom stereocenters. The van der Waals surface area contributed by atoms with Gasteiger partial charge < -0.3 is 34.8 Å². The molecule has 1 aliphatic heterocycles.